The molecule has 0 saturated carbocycles. The van der Waals surface area contributed by atoms with Gasteiger partial charge in [0.15, 0.2) is 5.78 Å². The molecule has 86 valence electrons. The van der Waals surface area contributed by atoms with E-state index in [0.717, 1.165) is 11.1 Å². The number of aryl methyl sites for hydroxylation is 2. The molecule has 2 heteroatoms. The van der Waals surface area contributed by atoms with Gasteiger partial charge >= 0.3 is 0 Å². The van der Waals surface area contributed by atoms with Crippen molar-refractivity contribution in [3.8, 4) is 0 Å². The Hall–Kier alpha value is -1.60. The molecule has 0 aliphatic carbocycles. The van der Waals surface area contributed by atoms with E-state index in [0.29, 0.717) is 16.1 Å². The van der Waals surface area contributed by atoms with Crippen LogP contribution in [0.3, 0.4) is 0 Å². The molecule has 0 bridgehead atoms. The molecule has 2 aromatic carbocycles. The van der Waals surface area contributed by atoms with Crippen molar-refractivity contribution in [2.24, 2.45) is 0 Å². The van der Waals surface area contributed by atoms with Gasteiger partial charge < -0.3 is 0 Å². The second kappa shape index (κ2) is 4.72. The van der Waals surface area contributed by atoms with E-state index in [9.17, 15) is 4.79 Å². The topological polar surface area (TPSA) is 17.1 Å². The number of carbonyl (C=O) groups is 1. The lowest BCUT2D eigenvalue weighted by atomic mass is 9.98. The van der Waals surface area contributed by atoms with Crippen molar-refractivity contribution < 1.29 is 4.79 Å². The Morgan fingerprint density at radius 3 is 2.53 bits per heavy atom. The maximum absolute atomic E-state index is 12.3. The van der Waals surface area contributed by atoms with Gasteiger partial charge in [-0.1, -0.05) is 41.4 Å². The fraction of sp³-hybridized carbons (Fsp3) is 0.133. The van der Waals surface area contributed by atoms with Gasteiger partial charge in [-0.15, -0.1) is 0 Å². The minimum atomic E-state index is 0.0219. The first kappa shape index (κ1) is 11.9. The molecule has 0 atom stereocenters. The third kappa shape index (κ3) is 2.56. The van der Waals surface area contributed by atoms with Gasteiger partial charge in [-0.3, -0.25) is 4.79 Å². The molecule has 0 heterocycles. The Morgan fingerprint density at radius 1 is 1.06 bits per heavy atom. The van der Waals surface area contributed by atoms with E-state index in [1.165, 1.54) is 0 Å². The normalized spacial score (nSPS) is 10.3. The summed E-state index contributed by atoms with van der Waals surface area (Å²) in [4.78, 5) is 12.3. The summed E-state index contributed by atoms with van der Waals surface area (Å²) in [5.41, 5.74) is 3.40. The van der Waals surface area contributed by atoms with Crippen LogP contribution in [0, 0.1) is 13.8 Å². The van der Waals surface area contributed by atoms with Crippen molar-refractivity contribution in [1.82, 2.24) is 0 Å². The summed E-state index contributed by atoms with van der Waals surface area (Å²) < 4.78 is 0. The molecular weight excluding hydrogens is 232 g/mol. The van der Waals surface area contributed by atoms with Gasteiger partial charge in [0.25, 0.3) is 0 Å². The number of halogens is 1. The van der Waals surface area contributed by atoms with Crippen LogP contribution in [0.4, 0.5) is 0 Å². The van der Waals surface area contributed by atoms with E-state index < -0.39 is 0 Å². The summed E-state index contributed by atoms with van der Waals surface area (Å²) >= 11 is 5.93. The predicted molar refractivity (Wildman–Crippen MR) is 70.8 cm³/mol. The average Bonchev–Trinajstić information content (AvgIpc) is 2.31. The smallest absolute Gasteiger partial charge is 0.193 e. The minimum absolute atomic E-state index is 0.0219. The Labute approximate surface area is 106 Å². The minimum Gasteiger partial charge on any atom is -0.289 e. The maximum Gasteiger partial charge on any atom is 0.193 e. The monoisotopic (exact) mass is 244 g/mol. The standard InChI is InChI=1S/C15H13ClO/c1-10-4-3-5-12(8-10)15(17)14-9-13(16)7-6-11(14)2/h3-9H,1-2H3. The van der Waals surface area contributed by atoms with Crippen molar-refractivity contribution in [3.63, 3.8) is 0 Å². The number of hydrogen-bond donors (Lipinski definition) is 0. The van der Waals surface area contributed by atoms with E-state index in [4.69, 9.17) is 11.6 Å². The fourth-order valence-electron chi connectivity index (χ4n) is 1.78. The van der Waals surface area contributed by atoms with Crippen LogP contribution in [-0.4, -0.2) is 5.78 Å². The van der Waals surface area contributed by atoms with Crippen LogP contribution in [0.25, 0.3) is 0 Å². The van der Waals surface area contributed by atoms with Crippen LogP contribution in [0.5, 0.6) is 0 Å². The largest absolute Gasteiger partial charge is 0.289 e. The summed E-state index contributed by atoms with van der Waals surface area (Å²) in [5, 5.41) is 0.589. The second-order valence-corrected chi connectivity index (χ2v) is 4.59. The van der Waals surface area contributed by atoms with Crippen LogP contribution >= 0.6 is 11.6 Å². The molecular formula is C15H13ClO. The molecule has 2 aromatic rings. The quantitative estimate of drug-likeness (QED) is 0.724. The molecule has 17 heavy (non-hydrogen) atoms. The van der Waals surface area contributed by atoms with Crippen molar-refractivity contribution >= 4 is 17.4 Å². The Balaban J connectivity index is 2.47. The first-order chi connectivity index (χ1) is 8.08. The number of ketones is 1. The molecule has 0 saturated heterocycles. The zero-order valence-corrected chi connectivity index (χ0v) is 10.6. The molecule has 0 amide bonds. The molecule has 0 N–H and O–H groups in total. The lowest BCUT2D eigenvalue weighted by molar-refractivity contribution is 0.103. The van der Waals surface area contributed by atoms with Crippen LogP contribution in [-0.2, 0) is 0 Å². The highest BCUT2D eigenvalue weighted by atomic mass is 35.5. The van der Waals surface area contributed by atoms with Crippen LogP contribution in [0.2, 0.25) is 5.02 Å². The molecule has 0 aliphatic rings. The first-order valence-corrected chi connectivity index (χ1v) is 5.83. The van der Waals surface area contributed by atoms with Crippen molar-refractivity contribution in [2.45, 2.75) is 13.8 Å². The highest BCUT2D eigenvalue weighted by Crippen LogP contribution is 2.19. The number of rotatable bonds is 2. The van der Waals surface area contributed by atoms with E-state index in [1.807, 2.05) is 44.2 Å². The summed E-state index contributed by atoms with van der Waals surface area (Å²) in [6.07, 6.45) is 0. The molecule has 0 radical (unpaired) electrons. The van der Waals surface area contributed by atoms with Gasteiger partial charge in [-0.2, -0.15) is 0 Å². The van der Waals surface area contributed by atoms with Gasteiger partial charge in [-0.05, 0) is 37.6 Å². The molecule has 1 nitrogen and oxygen atoms in total. The predicted octanol–water partition coefficient (Wildman–Crippen LogP) is 4.19. The molecule has 0 fully saturated rings. The number of carbonyl (C=O) groups excluding carboxylic acids is 1. The Morgan fingerprint density at radius 2 is 1.82 bits per heavy atom. The van der Waals surface area contributed by atoms with Crippen molar-refractivity contribution in [1.29, 1.82) is 0 Å². The highest BCUT2D eigenvalue weighted by Gasteiger charge is 2.12. The van der Waals surface area contributed by atoms with Gasteiger partial charge in [0, 0.05) is 16.1 Å². The molecule has 0 spiro atoms. The maximum atomic E-state index is 12.3. The Kier molecular flexibility index (Phi) is 3.30. The summed E-state index contributed by atoms with van der Waals surface area (Å²) in [5.74, 6) is 0.0219. The fourth-order valence-corrected chi connectivity index (χ4v) is 1.95. The summed E-state index contributed by atoms with van der Waals surface area (Å²) in [6, 6.07) is 13.0. The molecule has 0 aliphatic heterocycles. The SMILES string of the molecule is Cc1cccc(C(=O)c2cc(Cl)ccc2C)c1. The zero-order valence-electron chi connectivity index (χ0n) is 9.83. The molecule has 2 rings (SSSR count). The van der Waals surface area contributed by atoms with Crippen LogP contribution < -0.4 is 0 Å². The highest BCUT2D eigenvalue weighted by molar-refractivity contribution is 6.31. The zero-order chi connectivity index (χ0) is 12.4. The first-order valence-electron chi connectivity index (χ1n) is 5.45. The second-order valence-electron chi connectivity index (χ2n) is 4.16. The van der Waals surface area contributed by atoms with Crippen LogP contribution in [0.1, 0.15) is 27.0 Å². The number of hydrogen-bond acceptors (Lipinski definition) is 1. The van der Waals surface area contributed by atoms with E-state index in [1.54, 1.807) is 12.1 Å². The van der Waals surface area contributed by atoms with Crippen molar-refractivity contribution in [3.05, 3.63) is 69.7 Å². The van der Waals surface area contributed by atoms with Gasteiger partial charge in [-0.25, -0.2) is 0 Å². The van der Waals surface area contributed by atoms with E-state index in [2.05, 4.69) is 0 Å². The average molecular weight is 245 g/mol. The number of benzene rings is 2. The third-order valence-electron chi connectivity index (χ3n) is 2.72. The Bertz CT molecular complexity index is 573. The molecule has 0 aromatic heterocycles. The summed E-state index contributed by atoms with van der Waals surface area (Å²) in [6.45, 7) is 3.89. The molecule has 0 unspecified atom stereocenters. The third-order valence-corrected chi connectivity index (χ3v) is 2.96. The van der Waals surface area contributed by atoms with E-state index >= 15 is 0 Å². The lowest BCUT2D eigenvalue weighted by Gasteiger charge is -2.06. The summed E-state index contributed by atoms with van der Waals surface area (Å²) in [7, 11) is 0. The lowest BCUT2D eigenvalue weighted by Crippen LogP contribution is -2.03. The van der Waals surface area contributed by atoms with Crippen LogP contribution in [0.15, 0.2) is 42.5 Å². The van der Waals surface area contributed by atoms with Crippen molar-refractivity contribution in [2.75, 3.05) is 0 Å². The van der Waals surface area contributed by atoms with Gasteiger partial charge in [0.1, 0.15) is 0 Å². The van der Waals surface area contributed by atoms with Gasteiger partial charge in [0.2, 0.25) is 0 Å². The van der Waals surface area contributed by atoms with Gasteiger partial charge in [0.05, 0.1) is 0 Å². The van der Waals surface area contributed by atoms with E-state index in [-0.39, 0.29) is 5.78 Å².